The highest BCUT2D eigenvalue weighted by atomic mass is 15.0. The molecule has 3 aromatic heterocycles. The van der Waals surface area contributed by atoms with Gasteiger partial charge in [-0.25, -0.2) is 9.98 Å². The fraction of sp³-hybridized carbons (Fsp3) is 0.0175. The second-order valence-electron chi connectivity index (χ2n) is 15.5. The highest BCUT2D eigenvalue weighted by Gasteiger charge is 2.18. The van der Waals surface area contributed by atoms with Crippen molar-refractivity contribution in [3.05, 3.63) is 235 Å². The third-order valence-electron chi connectivity index (χ3n) is 11.8. The van der Waals surface area contributed by atoms with E-state index in [2.05, 4.69) is 185 Å². The molecule has 0 N–H and O–H groups in total. The Morgan fingerprint density at radius 3 is 1.83 bits per heavy atom. The van der Waals surface area contributed by atoms with Crippen LogP contribution in [0, 0.1) is 0 Å². The number of fused-ring (bicyclic) bond motifs is 6. The van der Waals surface area contributed by atoms with E-state index in [1.807, 2.05) is 54.7 Å². The van der Waals surface area contributed by atoms with Gasteiger partial charge in [0.1, 0.15) is 5.69 Å². The first-order valence-electron chi connectivity index (χ1n) is 21.1. The molecule has 3 heterocycles. The number of hydrogen-bond donors (Lipinski definition) is 0. The lowest BCUT2D eigenvalue weighted by Gasteiger charge is -2.11. The number of benzene rings is 8. The number of amidine groups is 2. The molecule has 0 fully saturated rings. The first-order chi connectivity index (χ1) is 31.2. The Kier molecular flexibility index (Phi) is 9.63. The summed E-state index contributed by atoms with van der Waals surface area (Å²) in [5, 5.41) is 4.81. The van der Waals surface area contributed by atoms with Crippen molar-refractivity contribution in [3.63, 3.8) is 0 Å². The van der Waals surface area contributed by atoms with E-state index in [1.54, 1.807) is 0 Å². The molecule has 6 nitrogen and oxygen atoms in total. The topological polar surface area (TPSA) is 59.8 Å². The summed E-state index contributed by atoms with van der Waals surface area (Å²) >= 11 is 0. The zero-order chi connectivity index (χ0) is 42.1. The van der Waals surface area contributed by atoms with Crippen LogP contribution in [0.1, 0.15) is 16.8 Å². The Hall–Kier alpha value is -8.48. The molecular formula is C57H40N6. The van der Waals surface area contributed by atoms with Gasteiger partial charge in [0, 0.05) is 44.7 Å². The van der Waals surface area contributed by atoms with E-state index in [-0.39, 0.29) is 0 Å². The van der Waals surface area contributed by atoms with Crippen molar-refractivity contribution >= 4 is 62.0 Å². The first kappa shape index (κ1) is 37.5. The number of nitrogens with zero attached hydrogens (tertiary/aromatic N) is 6. The van der Waals surface area contributed by atoms with E-state index < -0.39 is 0 Å². The molecule has 6 heteroatoms. The van der Waals surface area contributed by atoms with Crippen molar-refractivity contribution in [3.8, 4) is 33.6 Å². The number of pyridine rings is 1. The average molecular weight is 809 g/mol. The Balaban J connectivity index is 0.972. The predicted octanol–water partition coefficient (Wildman–Crippen LogP) is 13.7. The molecule has 0 radical (unpaired) electrons. The van der Waals surface area contributed by atoms with Crippen LogP contribution in [0.25, 0.3) is 77.2 Å². The summed E-state index contributed by atoms with van der Waals surface area (Å²) in [6, 6.07) is 74.4. The molecule has 11 aromatic rings. The van der Waals surface area contributed by atoms with E-state index in [9.17, 15) is 0 Å². The van der Waals surface area contributed by atoms with Crippen LogP contribution in [0.5, 0.6) is 0 Å². The van der Waals surface area contributed by atoms with Gasteiger partial charge >= 0.3 is 0 Å². The minimum Gasteiger partial charge on any atom is -0.309 e. The molecule has 0 aliphatic carbocycles. The fourth-order valence-electron chi connectivity index (χ4n) is 8.87. The number of hydrogen-bond acceptors (Lipinski definition) is 2. The zero-order valence-corrected chi connectivity index (χ0v) is 34.4. The molecule has 0 aliphatic rings. The van der Waals surface area contributed by atoms with Crippen molar-refractivity contribution in [1.82, 2.24) is 14.1 Å². The maximum atomic E-state index is 4.98. The van der Waals surface area contributed by atoms with Crippen LogP contribution in [0.2, 0.25) is 0 Å². The summed E-state index contributed by atoms with van der Waals surface area (Å²) in [4.78, 5) is 19.1. The Morgan fingerprint density at radius 1 is 0.460 bits per heavy atom. The summed E-state index contributed by atoms with van der Waals surface area (Å²) < 4.78 is 4.72. The van der Waals surface area contributed by atoms with Gasteiger partial charge in [-0.2, -0.15) is 0 Å². The van der Waals surface area contributed by atoms with Gasteiger partial charge in [-0.1, -0.05) is 146 Å². The molecule has 11 rings (SSSR count). The predicted molar refractivity (Wildman–Crippen MR) is 263 cm³/mol. The third kappa shape index (κ3) is 6.90. The first-order valence-corrected chi connectivity index (χ1v) is 21.1. The van der Waals surface area contributed by atoms with E-state index in [0.717, 1.165) is 55.6 Å². The maximum Gasteiger partial charge on any atom is 0.179 e. The van der Waals surface area contributed by atoms with Gasteiger partial charge in [-0.05, 0) is 101 Å². The average Bonchev–Trinajstić information content (AvgIpc) is 3.88. The van der Waals surface area contributed by atoms with Crippen LogP contribution in [0.4, 0.5) is 0 Å². The van der Waals surface area contributed by atoms with Gasteiger partial charge in [-0.15, -0.1) is 0 Å². The van der Waals surface area contributed by atoms with Crippen LogP contribution in [0.15, 0.2) is 233 Å². The minimum absolute atomic E-state index is 0.406. The van der Waals surface area contributed by atoms with Gasteiger partial charge in [0.2, 0.25) is 0 Å². The molecule has 8 aromatic carbocycles. The minimum atomic E-state index is 0.406. The van der Waals surface area contributed by atoms with Gasteiger partial charge in [0.05, 0.1) is 28.6 Å². The highest BCUT2D eigenvalue weighted by molar-refractivity contribution is 6.17. The maximum absolute atomic E-state index is 4.98. The van der Waals surface area contributed by atoms with Crippen LogP contribution in [-0.4, -0.2) is 32.5 Å². The Labute approximate surface area is 365 Å². The van der Waals surface area contributed by atoms with Gasteiger partial charge < -0.3 is 9.13 Å². The molecule has 0 atom stereocenters. The summed E-state index contributed by atoms with van der Waals surface area (Å²) in [6.45, 7) is 4.40. The van der Waals surface area contributed by atoms with Gasteiger partial charge in [0.15, 0.2) is 11.7 Å². The van der Waals surface area contributed by atoms with E-state index >= 15 is 0 Å². The van der Waals surface area contributed by atoms with Gasteiger partial charge in [0.25, 0.3) is 0 Å². The van der Waals surface area contributed by atoms with Crippen LogP contribution >= 0.6 is 0 Å². The number of para-hydroxylation sites is 3. The zero-order valence-electron chi connectivity index (χ0n) is 34.4. The monoisotopic (exact) mass is 808 g/mol. The van der Waals surface area contributed by atoms with E-state index in [4.69, 9.17) is 15.0 Å². The lowest BCUT2D eigenvalue weighted by Crippen LogP contribution is -2.07. The molecule has 63 heavy (non-hydrogen) atoms. The lowest BCUT2D eigenvalue weighted by atomic mass is 9.99. The number of aliphatic imine (C=N–C) groups is 3. The molecule has 298 valence electrons. The number of aromatic nitrogens is 3. The van der Waals surface area contributed by atoms with Crippen molar-refractivity contribution in [1.29, 1.82) is 0 Å². The SMILES string of the molecule is C=N/C(=N\C(=N/Cc1ccccc1)c1ccccc1)c1cc(-c2cccc3c2c2ccccc2n3-c2ccc(-c3ccc4c(c3)c3ccccc3n4-c3ccccc3)cc2)ccn1. The molecule has 0 unspecified atom stereocenters. The van der Waals surface area contributed by atoms with Crippen molar-refractivity contribution in [2.45, 2.75) is 6.54 Å². The second kappa shape index (κ2) is 16.2. The summed E-state index contributed by atoms with van der Waals surface area (Å²) in [7, 11) is 0. The summed E-state index contributed by atoms with van der Waals surface area (Å²) in [5.41, 5.74) is 13.9. The smallest absolute Gasteiger partial charge is 0.179 e. The molecule has 0 saturated heterocycles. The third-order valence-corrected chi connectivity index (χ3v) is 11.8. The molecular weight excluding hydrogens is 769 g/mol. The normalized spacial score (nSPS) is 12.1. The Morgan fingerprint density at radius 2 is 1.06 bits per heavy atom. The molecule has 0 spiro atoms. The van der Waals surface area contributed by atoms with Crippen molar-refractivity contribution in [2.75, 3.05) is 0 Å². The number of rotatable bonds is 8. The molecule has 0 aliphatic heterocycles. The Bertz CT molecular complexity index is 3530. The summed E-state index contributed by atoms with van der Waals surface area (Å²) in [5.74, 6) is 0.977. The van der Waals surface area contributed by atoms with Crippen LogP contribution in [0.3, 0.4) is 0 Å². The van der Waals surface area contributed by atoms with E-state index in [0.29, 0.717) is 23.9 Å². The molecule has 0 saturated carbocycles. The summed E-state index contributed by atoms with van der Waals surface area (Å²) in [6.07, 6.45) is 1.82. The van der Waals surface area contributed by atoms with Crippen LogP contribution in [-0.2, 0) is 6.54 Å². The van der Waals surface area contributed by atoms with E-state index in [1.165, 1.54) is 32.8 Å². The van der Waals surface area contributed by atoms with Gasteiger partial charge in [-0.3, -0.25) is 9.98 Å². The highest BCUT2D eigenvalue weighted by Crippen LogP contribution is 2.40. The molecule has 0 amide bonds. The standard InChI is InChI=1S/C57H40N6/c1-58-57(61-56(41-18-7-3-8-19-41)60-38-39-16-5-2-6-17-39)50-37-43(34-35-59-50)46-24-15-27-54-55(46)48-23-12-14-26-52(48)63(54)45-31-28-40(29-32-45)42-30-33-53-49(36-42)47-22-11-13-25-51(47)62(53)44-20-9-4-10-21-44/h2-37H,1,38H2/b60-56-,61-57-. The lowest BCUT2D eigenvalue weighted by molar-refractivity contribution is 1.06. The van der Waals surface area contributed by atoms with Crippen molar-refractivity contribution < 1.29 is 0 Å². The largest absolute Gasteiger partial charge is 0.309 e. The quantitative estimate of drug-likeness (QED) is 0.111. The van der Waals surface area contributed by atoms with Crippen molar-refractivity contribution in [2.24, 2.45) is 15.0 Å². The fourth-order valence-corrected chi connectivity index (χ4v) is 8.87. The molecule has 0 bridgehead atoms. The van der Waals surface area contributed by atoms with Crippen LogP contribution < -0.4 is 0 Å². The second-order valence-corrected chi connectivity index (χ2v) is 15.5.